The van der Waals surface area contributed by atoms with Gasteiger partial charge in [-0.2, -0.15) is 0 Å². The van der Waals surface area contributed by atoms with Crippen molar-refractivity contribution in [2.45, 2.75) is 31.8 Å². The van der Waals surface area contributed by atoms with Crippen LogP contribution in [0, 0.1) is 17.0 Å². The molecular formula is C19H25IN4O4S. The summed E-state index contributed by atoms with van der Waals surface area (Å²) in [5.41, 5.74) is 2.39. The summed E-state index contributed by atoms with van der Waals surface area (Å²) < 4.78 is 23.4. The number of non-ortho nitro benzene ring substituents is 1. The van der Waals surface area contributed by atoms with Crippen LogP contribution in [0.1, 0.15) is 23.6 Å². The smallest absolute Gasteiger partial charge is 0.269 e. The van der Waals surface area contributed by atoms with E-state index in [1.165, 1.54) is 18.4 Å². The number of nitro benzene ring substituents is 1. The van der Waals surface area contributed by atoms with Gasteiger partial charge in [-0.05, 0) is 36.6 Å². The van der Waals surface area contributed by atoms with E-state index in [0.717, 1.165) is 11.1 Å². The van der Waals surface area contributed by atoms with E-state index in [9.17, 15) is 18.5 Å². The van der Waals surface area contributed by atoms with Crippen molar-refractivity contribution in [2.75, 3.05) is 12.8 Å². The summed E-state index contributed by atoms with van der Waals surface area (Å²) in [4.78, 5) is 15.2. The van der Waals surface area contributed by atoms with E-state index in [1.807, 2.05) is 13.0 Å². The molecule has 2 aromatic carbocycles. The topological polar surface area (TPSA) is 114 Å². The third-order valence-electron chi connectivity index (χ3n) is 3.98. The molecule has 0 bridgehead atoms. The number of nitrogens with zero attached hydrogens (tertiary/aromatic N) is 2. The standard InChI is InChI=1S/C19H24N4O4S.HI/c1-4-20-19(21-12-15-6-5-7-17(11-15)23(24)25)22-13-16-8-9-18(14(2)10-16)28(3,26)27;/h5-11H,4,12-13H2,1-3H3,(H2,20,21,22);1H. The number of hydrogen-bond acceptors (Lipinski definition) is 5. The Morgan fingerprint density at radius 1 is 1.14 bits per heavy atom. The number of hydrogen-bond donors (Lipinski definition) is 2. The first-order valence-electron chi connectivity index (χ1n) is 8.76. The lowest BCUT2D eigenvalue weighted by Crippen LogP contribution is -2.36. The molecule has 0 aliphatic heterocycles. The number of aliphatic imine (C=N–C) groups is 1. The van der Waals surface area contributed by atoms with Gasteiger partial charge in [-0.15, -0.1) is 24.0 Å². The zero-order chi connectivity index (χ0) is 20.7. The summed E-state index contributed by atoms with van der Waals surface area (Å²) in [6.45, 7) is 5.12. The predicted octanol–water partition coefficient (Wildman–Crippen LogP) is 3.18. The van der Waals surface area contributed by atoms with E-state index >= 15 is 0 Å². The molecule has 0 aromatic heterocycles. The fourth-order valence-electron chi connectivity index (χ4n) is 2.70. The van der Waals surface area contributed by atoms with Gasteiger partial charge in [0.2, 0.25) is 0 Å². The lowest BCUT2D eigenvalue weighted by molar-refractivity contribution is -0.384. The molecule has 29 heavy (non-hydrogen) atoms. The maximum absolute atomic E-state index is 11.7. The van der Waals surface area contributed by atoms with E-state index in [4.69, 9.17) is 0 Å². The number of guanidine groups is 1. The third-order valence-corrected chi connectivity index (χ3v) is 5.24. The lowest BCUT2D eigenvalue weighted by Gasteiger charge is -2.12. The Bertz CT molecular complexity index is 993. The Balaban J connectivity index is 0.00000420. The Hall–Kier alpha value is -2.21. The number of aryl methyl sites for hydroxylation is 1. The molecule has 0 unspecified atom stereocenters. The zero-order valence-electron chi connectivity index (χ0n) is 16.5. The molecule has 0 heterocycles. The SMILES string of the molecule is CCNC(=NCc1cccc([N+](=O)[O-])c1)NCc1ccc(S(C)(=O)=O)c(C)c1.I. The van der Waals surface area contributed by atoms with Crippen molar-refractivity contribution < 1.29 is 13.3 Å². The summed E-state index contributed by atoms with van der Waals surface area (Å²) in [6, 6.07) is 11.6. The zero-order valence-corrected chi connectivity index (χ0v) is 19.7. The highest BCUT2D eigenvalue weighted by atomic mass is 127. The molecule has 2 rings (SSSR count). The van der Waals surface area contributed by atoms with Crippen LogP contribution in [0.2, 0.25) is 0 Å². The highest BCUT2D eigenvalue weighted by Gasteiger charge is 2.11. The molecule has 2 N–H and O–H groups in total. The van der Waals surface area contributed by atoms with Gasteiger partial charge in [-0.25, -0.2) is 13.4 Å². The maximum atomic E-state index is 11.7. The summed E-state index contributed by atoms with van der Waals surface area (Å²) in [6.07, 6.45) is 1.19. The van der Waals surface area contributed by atoms with E-state index in [0.29, 0.717) is 36.1 Å². The Kier molecular flexibility index (Phi) is 9.50. The summed E-state index contributed by atoms with van der Waals surface area (Å²) in [5, 5.41) is 17.2. The Labute approximate surface area is 187 Å². The maximum Gasteiger partial charge on any atom is 0.269 e. The molecular weight excluding hydrogens is 507 g/mol. The molecule has 10 heteroatoms. The average Bonchev–Trinajstić information content (AvgIpc) is 2.63. The van der Waals surface area contributed by atoms with Gasteiger partial charge in [-0.1, -0.05) is 24.3 Å². The van der Waals surface area contributed by atoms with Crippen molar-refractivity contribution in [2.24, 2.45) is 4.99 Å². The number of nitro groups is 1. The van der Waals surface area contributed by atoms with Crippen molar-refractivity contribution in [3.63, 3.8) is 0 Å². The van der Waals surface area contributed by atoms with Crippen molar-refractivity contribution in [1.82, 2.24) is 10.6 Å². The minimum atomic E-state index is -3.24. The van der Waals surface area contributed by atoms with Gasteiger partial charge in [-0.3, -0.25) is 10.1 Å². The number of rotatable bonds is 7. The van der Waals surface area contributed by atoms with E-state index in [1.54, 1.807) is 31.2 Å². The summed E-state index contributed by atoms with van der Waals surface area (Å²) >= 11 is 0. The normalized spacial score (nSPS) is 11.5. The van der Waals surface area contributed by atoms with Gasteiger partial charge in [0.15, 0.2) is 15.8 Å². The second-order valence-electron chi connectivity index (χ2n) is 6.35. The molecule has 0 fully saturated rings. The lowest BCUT2D eigenvalue weighted by atomic mass is 10.1. The minimum absolute atomic E-state index is 0. The van der Waals surface area contributed by atoms with E-state index in [2.05, 4.69) is 15.6 Å². The predicted molar refractivity (Wildman–Crippen MR) is 124 cm³/mol. The second kappa shape index (κ2) is 11.1. The fourth-order valence-corrected chi connectivity index (χ4v) is 3.66. The van der Waals surface area contributed by atoms with Crippen LogP contribution in [-0.2, 0) is 22.9 Å². The molecule has 0 saturated carbocycles. The summed E-state index contributed by atoms with van der Waals surface area (Å²) in [7, 11) is -3.24. The second-order valence-corrected chi connectivity index (χ2v) is 8.33. The number of nitrogens with one attached hydrogen (secondary N) is 2. The van der Waals surface area contributed by atoms with Crippen LogP contribution >= 0.6 is 24.0 Å². The van der Waals surface area contributed by atoms with Crippen molar-refractivity contribution in [3.05, 3.63) is 69.3 Å². The monoisotopic (exact) mass is 532 g/mol. The Morgan fingerprint density at radius 3 is 2.45 bits per heavy atom. The average molecular weight is 532 g/mol. The van der Waals surface area contributed by atoms with Gasteiger partial charge in [0.1, 0.15) is 0 Å². The van der Waals surface area contributed by atoms with Crippen molar-refractivity contribution in [3.8, 4) is 0 Å². The van der Waals surface area contributed by atoms with Crippen LogP contribution in [-0.4, -0.2) is 32.1 Å². The number of benzene rings is 2. The molecule has 0 saturated heterocycles. The van der Waals surface area contributed by atoms with Gasteiger partial charge in [0.05, 0.1) is 16.4 Å². The number of halogens is 1. The van der Waals surface area contributed by atoms with Crippen LogP contribution in [0.5, 0.6) is 0 Å². The van der Waals surface area contributed by atoms with Crippen LogP contribution in [0.4, 0.5) is 5.69 Å². The van der Waals surface area contributed by atoms with Gasteiger partial charge in [0, 0.05) is 31.5 Å². The number of sulfone groups is 1. The van der Waals surface area contributed by atoms with Gasteiger partial charge in [0.25, 0.3) is 5.69 Å². The van der Waals surface area contributed by atoms with Crippen molar-refractivity contribution in [1.29, 1.82) is 0 Å². The van der Waals surface area contributed by atoms with Gasteiger partial charge >= 0.3 is 0 Å². The molecule has 8 nitrogen and oxygen atoms in total. The van der Waals surface area contributed by atoms with Crippen molar-refractivity contribution >= 4 is 45.5 Å². The molecule has 0 atom stereocenters. The first kappa shape index (κ1) is 24.8. The molecule has 0 aliphatic carbocycles. The van der Waals surface area contributed by atoms with E-state index in [-0.39, 0.29) is 29.7 Å². The van der Waals surface area contributed by atoms with Crippen LogP contribution < -0.4 is 10.6 Å². The molecule has 0 spiro atoms. The van der Waals surface area contributed by atoms with Crippen LogP contribution in [0.3, 0.4) is 0 Å². The third kappa shape index (κ3) is 7.61. The molecule has 2 aromatic rings. The van der Waals surface area contributed by atoms with Crippen LogP contribution in [0.15, 0.2) is 52.4 Å². The quantitative estimate of drug-likeness (QED) is 0.186. The van der Waals surface area contributed by atoms with E-state index < -0.39 is 14.8 Å². The largest absolute Gasteiger partial charge is 0.357 e. The summed E-state index contributed by atoms with van der Waals surface area (Å²) in [5.74, 6) is 0.568. The minimum Gasteiger partial charge on any atom is -0.357 e. The highest BCUT2D eigenvalue weighted by molar-refractivity contribution is 14.0. The van der Waals surface area contributed by atoms with Gasteiger partial charge < -0.3 is 10.6 Å². The first-order valence-corrected chi connectivity index (χ1v) is 10.6. The van der Waals surface area contributed by atoms with Crippen LogP contribution in [0.25, 0.3) is 0 Å². The molecule has 0 amide bonds. The molecule has 0 aliphatic rings. The molecule has 0 radical (unpaired) electrons. The Morgan fingerprint density at radius 2 is 1.86 bits per heavy atom. The fraction of sp³-hybridized carbons (Fsp3) is 0.316. The molecule has 158 valence electrons. The highest BCUT2D eigenvalue weighted by Crippen LogP contribution is 2.17. The first-order chi connectivity index (χ1) is 13.2.